The molecule has 2 aliphatic rings. The normalized spacial score (nSPS) is 21.1. The quantitative estimate of drug-likeness (QED) is 0.471. The van der Waals surface area contributed by atoms with Crippen LogP contribution < -0.4 is 11.1 Å². The Bertz CT molecular complexity index is 290. The Morgan fingerprint density at radius 3 is 2.16 bits per heavy atom. The molecule has 1 saturated heterocycles. The Hall–Kier alpha value is -0.790. The average molecular weight is 289 g/mol. The lowest BCUT2D eigenvalue weighted by Gasteiger charge is -2.21. The first-order valence-electron chi connectivity index (χ1n) is 6.71. The molecule has 0 aromatic heterocycles. The number of ether oxygens (including phenoxy) is 1. The molecular formula is C12H23N3O3S. The molecule has 1 heterocycles. The second kappa shape index (κ2) is 9.17. The van der Waals surface area contributed by atoms with Crippen molar-refractivity contribution in [2.24, 2.45) is 5.73 Å². The lowest BCUT2D eigenvalue weighted by Crippen LogP contribution is -2.43. The van der Waals surface area contributed by atoms with Crippen LogP contribution in [-0.2, 0) is 14.3 Å². The second-order valence-corrected chi connectivity index (χ2v) is 5.30. The van der Waals surface area contributed by atoms with Crippen molar-refractivity contribution in [1.29, 1.82) is 0 Å². The molecule has 110 valence electrons. The zero-order valence-corrected chi connectivity index (χ0v) is 12.0. The standard InChI is InChI=1S/C8H14N2O2.C4H9NOS/c9-7(11)8(12)10-6-4-2-1-3-5-6;7-5-1-3-6-4-2-5/h6H,1-5H2,(H2,9,11)(H,10,12);7H,1-4H2. The SMILES string of the molecule is NC(=O)C(=O)NC1CCCCC1.SN1CCOCC1. The lowest BCUT2D eigenvalue weighted by atomic mass is 9.95. The number of carbonyl (C=O) groups excluding carboxylic acids is 2. The fourth-order valence-electron chi connectivity index (χ4n) is 2.06. The number of thiol groups is 1. The van der Waals surface area contributed by atoms with Gasteiger partial charge in [-0.25, -0.2) is 4.31 Å². The molecule has 0 bridgehead atoms. The van der Waals surface area contributed by atoms with Gasteiger partial charge in [-0.15, -0.1) is 0 Å². The van der Waals surface area contributed by atoms with Gasteiger partial charge in [0.25, 0.3) is 0 Å². The van der Waals surface area contributed by atoms with E-state index in [0.29, 0.717) is 0 Å². The summed E-state index contributed by atoms with van der Waals surface area (Å²) in [5, 5.41) is 2.60. The van der Waals surface area contributed by atoms with E-state index in [-0.39, 0.29) is 6.04 Å². The first-order valence-corrected chi connectivity index (χ1v) is 7.11. The third kappa shape index (κ3) is 7.39. The number of morpholine rings is 1. The molecule has 0 radical (unpaired) electrons. The van der Waals surface area contributed by atoms with Crippen molar-refractivity contribution in [3.8, 4) is 0 Å². The number of carbonyl (C=O) groups is 2. The van der Waals surface area contributed by atoms with Crippen LogP contribution in [0.1, 0.15) is 32.1 Å². The van der Waals surface area contributed by atoms with Crippen molar-refractivity contribution in [2.75, 3.05) is 26.3 Å². The molecule has 6 nitrogen and oxygen atoms in total. The molecule has 1 aliphatic heterocycles. The monoisotopic (exact) mass is 289 g/mol. The van der Waals surface area contributed by atoms with Crippen LogP contribution in [0.3, 0.4) is 0 Å². The Morgan fingerprint density at radius 2 is 1.74 bits per heavy atom. The fourth-order valence-corrected chi connectivity index (χ4v) is 2.22. The van der Waals surface area contributed by atoms with Gasteiger partial charge in [-0.2, -0.15) is 0 Å². The van der Waals surface area contributed by atoms with E-state index in [1.54, 1.807) is 0 Å². The van der Waals surface area contributed by atoms with E-state index in [1.807, 2.05) is 4.31 Å². The molecule has 1 saturated carbocycles. The minimum absolute atomic E-state index is 0.166. The first kappa shape index (κ1) is 16.3. The summed E-state index contributed by atoms with van der Waals surface area (Å²) in [5.74, 6) is -1.54. The number of hydrogen-bond acceptors (Lipinski definition) is 5. The highest BCUT2D eigenvalue weighted by molar-refractivity contribution is 7.77. The minimum Gasteiger partial charge on any atom is -0.379 e. The lowest BCUT2D eigenvalue weighted by molar-refractivity contribution is -0.137. The summed E-state index contributed by atoms with van der Waals surface area (Å²) in [4.78, 5) is 21.2. The van der Waals surface area contributed by atoms with Crippen LogP contribution in [0.5, 0.6) is 0 Å². The van der Waals surface area contributed by atoms with Crippen LogP contribution in [0.25, 0.3) is 0 Å². The molecule has 2 amide bonds. The molecule has 0 aromatic rings. The van der Waals surface area contributed by atoms with Gasteiger partial charge in [0.2, 0.25) is 0 Å². The summed E-state index contributed by atoms with van der Waals surface area (Å²) in [6.07, 6.45) is 5.42. The fraction of sp³-hybridized carbons (Fsp3) is 0.833. The van der Waals surface area contributed by atoms with Crippen LogP contribution in [0, 0.1) is 0 Å². The smallest absolute Gasteiger partial charge is 0.309 e. The van der Waals surface area contributed by atoms with Crippen molar-refractivity contribution < 1.29 is 14.3 Å². The zero-order chi connectivity index (χ0) is 14.1. The Morgan fingerprint density at radius 1 is 1.16 bits per heavy atom. The maximum absolute atomic E-state index is 10.8. The summed E-state index contributed by atoms with van der Waals surface area (Å²) in [5.41, 5.74) is 4.80. The molecule has 2 fully saturated rings. The van der Waals surface area contributed by atoms with Crippen LogP contribution in [0.4, 0.5) is 0 Å². The van der Waals surface area contributed by atoms with Gasteiger partial charge < -0.3 is 15.8 Å². The van der Waals surface area contributed by atoms with Gasteiger partial charge in [0, 0.05) is 19.1 Å². The topological polar surface area (TPSA) is 84.7 Å². The van der Waals surface area contributed by atoms with Crippen LogP contribution in [0.15, 0.2) is 0 Å². The predicted octanol–water partition coefficient (Wildman–Crippen LogP) is 0.0840. The molecule has 19 heavy (non-hydrogen) atoms. The maximum Gasteiger partial charge on any atom is 0.309 e. The molecule has 2 rings (SSSR count). The summed E-state index contributed by atoms with van der Waals surface area (Å²) in [6, 6.07) is 0.166. The molecule has 0 spiro atoms. The number of nitrogens with zero attached hydrogens (tertiary/aromatic N) is 1. The highest BCUT2D eigenvalue weighted by atomic mass is 32.1. The van der Waals surface area contributed by atoms with Crippen molar-refractivity contribution in [3.05, 3.63) is 0 Å². The number of rotatable bonds is 1. The van der Waals surface area contributed by atoms with Gasteiger partial charge >= 0.3 is 11.8 Å². The first-order chi connectivity index (χ1) is 9.09. The second-order valence-electron chi connectivity index (χ2n) is 4.74. The van der Waals surface area contributed by atoms with Crippen molar-refractivity contribution in [3.63, 3.8) is 0 Å². The van der Waals surface area contributed by atoms with E-state index >= 15 is 0 Å². The number of hydrogen-bond donors (Lipinski definition) is 3. The third-order valence-electron chi connectivity index (χ3n) is 3.15. The van der Waals surface area contributed by atoms with E-state index in [2.05, 4.69) is 18.1 Å². The molecular weight excluding hydrogens is 266 g/mol. The van der Waals surface area contributed by atoms with Gasteiger partial charge in [0.1, 0.15) is 0 Å². The van der Waals surface area contributed by atoms with E-state index in [9.17, 15) is 9.59 Å². The highest BCUT2D eigenvalue weighted by Gasteiger charge is 2.17. The number of nitrogens with two attached hydrogens (primary N) is 1. The number of amides is 2. The molecule has 1 aliphatic carbocycles. The number of nitrogens with one attached hydrogen (secondary N) is 1. The van der Waals surface area contributed by atoms with E-state index < -0.39 is 11.8 Å². The minimum atomic E-state index is -0.888. The van der Waals surface area contributed by atoms with Gasteiger partial charge in [0.05, 0.1) is 13.2 Å². The van der Waals surface area contributed by atoms with Crippen molar-refractivity contribution >= 4 is 24.6 Å². The molecule has 7 heteroatoms. The van der Waals surface area contributed by atoms with Crippen LogP contribution >= 0.6 is 12.8 Å². The number of primary amides is 1. The largest absolute Gasteiger partial charge is 0.379 e. The zero-order valence-electron chi connectivity index (χ0n) is 11.1. The van der Waals surface area contributed by atoms with Crippen LogP contribution in [-0.4, -0.2) is 48.5 Å². The summed E-state index contributed by atoms with van der Waals surface area (Å²) >= 11 is 4.11. The summed E-state index contributed by atoms with van der Waals surface area (Å²) in [6.45, 7) is 3.60. The van der Waals surface area contributed by atoms with E-state index in [0.717, 1.165) is 52.0 Å². The highest BCUT2D eigenvalue weighted by Crippen LogP contribution is 2.16. The van der Waals surface area contributed by atoms with E-state index in [4.69, 9.17) is 10.5 Å². The summed E-state index contributed by atoms with van der Waals surface area (Å²) < 4.78 is 7.01. The molecule has 0 unspecified atom stereocenters. The van der Waals surface area contributed by atoms with Gasteiger partial charge in [-0.1, -0.05) is 32.1 Å². The Labute approximate surface area is 119 Å². The van der Waals surface area contributed by atoms with Crippen LogP contribution in [0.2, 0.25) is 0 Å². The Kier molecular flexibility index (Phi) is 7.85. The van der Waals surface area contributed by atoms with Gasteiger partial charge in [0.15, 0.2) is 0 Å². The average Bonchev–Trinajstić information content (AvgIpc) is 2.41. The maximum atomic E-state index is 10.8. The molecule has 0 aromatic carbocycles. The third-order valence-corrected chi connectivity index (χ3v) is 3.55. The van der Waals surface area contributed by atoms with Gasteiger partial charge in [-0.3, -0.25) is 9.59 Å². The predicted molar refractivity (Wildman–Crippen MR) is 75.6 cm³/mol. The van der Waals surface area contributed by atoms with Gasteiger partial charge in [-0.05, 0) is 12.8 Å². The molecule has 3 N–H and O–H groups in total. The Balaban J connectivity index is 0.000000218. The summed E-state index contributed by atoms with van der Waals surface area (Å²) in [7, 11) is 0. The molecule has 0 atom stereocenters. The van der Waals surface area contributed by atoms with Crippen molar-refractivity contribution in [2.45, 2.75) is 38.1 Å². The van der Waals surface area contributed by atoms with Crippen molar-refractivity contribution in [1.82, 2.24) is 9.62 Å². The van der Waals surface area contributed by atoms with E-state index in [1.165, 1.54) is 6.42 Å².